The zero-order chi connectivity index (χ0) is 27.8. The van der Waals surface area contributed by atoms with Crippen molar-refractivity contribution in [3.63, 3.8) is 0 Å². The quantitative estimate of drug-likeness (QED) is 0.325. The molecular formula is C28H30ClN5O4S. The lowest BCUT2D eigenvalue weighted by molar-refractivity contribution is 0.0206. The van der Waals surface area contributed by atoms with Gasteiger partial charge in [0, 0.05) is 36.3 Å². The molecule has 0 bridgehead atoms. The van der Waals surface area contributed by atoms with Crippen LogP contribution in [0.3, 0.4) is 0 Å². The number of para-hydroxylation sites is 1. The Labute approximate surface area is 232 Å². The van der Waals surface area contributed by atoms with E-state index in [9.17, 15) is 13.2 Å². The fraction of sp³-hybridized carbons (Fsp3) is 0.321. The molecule has 0 saturated carbocycles. The van der Waals surface area contributed by atoms with Crippen LogP contribution in [0.25, 0.3) is 22.2 Å². The molecule has 0 aliphatic carbocycles. The molecule has 2 aromatic carbocycles. The Hall–Kier alpha value is -3.63. The minimum atomic E-state index is -3.86. The predicted molar refractivity (Wildman–Crippen MR) is 151 cm³/mol. The highest BCUT2D eigenvalue weighted by Gasteiger charge is 2.28. The summed E-state index contributed by atoms with van der Waals surface area (Å²) >= 11 is 6.56. The van der Waals surface area contributed by atoms with Gasteiger partial charge < -0.3 is 15.0 Å². The molecule has 0 unspecified atom stereocenters. The number of carbonyl (C=O) groups is 1. The van der Waals surface area contributed by atoms with Gasteiger partial charge in [0.2, 0.25) is 5.95 Å². The third kappa shape index (κ3) is 5.72. The van der Waals surface area contributed by atoms with E-state index in [4.69, 9.17) is 16.3 Å². The number of anilines is 1. The van der Waals surface area contributed by atoms with Gasteiger partial charge in [-0.2, -0.15) is 0 Å². The van der Waals surface area contributed by atoms with E-state index in [0.717, 1.165) is 12.8 Å². The number of halogens is 1. The van der Waals surface area contributed by atoms with E-state index >= 15 is 0 Å². The fourth-order valence-corrected chi connectivity index (χ4v) is 6.22. The van der Waals surface area contributed by atoms with Crippen molar-refractivity contribution in [3.05, 3.63) is 72.0 Å². The molecule has 1 saturated heterocycles. The summed E-state index contributed by atoms with van der Waals surface area (Å²) in [5.41, 5.74) is 0.923. The first-order chi connectivity index (χ1) is 18.5. The summed E-state index contributed by atoms with van der Waals surface area (Å²) in [6.45, 7) is 6.60. The number of piperidine rings is 1. The molecule has 1 fully saturated rings. The molecule has 0 radical (unpaired) electrons. The number of hydrogen-bond acceptors (Lipinski definition) is 7. The molecule has 39 heavy (non-hydrogen) atoms. The SMILES string of the molecule is CC(C)(C)OC(=O)N1CCC[C@@H](Nc2ncc(Cl)c(-c3cn(S(=O)(=O)c4ccccc4)c4ccccc34)n2)C1. The van der Waals surface area contributed by atoms with Crippen LogP contribution in [-0.2, 0) is 14.8 Å². The Kier molecular flexibility index (Phi) is 7.26. The smallest absolute Gasteiger partial charge is 0.410 e. The van der Waals surface area contributed by atoms with E-state index in [1.165, 1.54) is 10.2 Å². The van der Waals surface area contributed by atoms with Crippen molar-refractivity contribution in [3.8, 4) is 11.3 Å². The summed E-state index contributed by atoms with van der Waals surface area (Å²) in [4.78, 5) is 23.5. The largest absolute Gasteiger partial charge is 0.444 e. The van der Waals surface area contributed by atoms with Gasteiger partial charge in [-0.05, 0) is 51.8 Å². The van der Waals surface area contributed by atoms with Gasteiger partial charge in [-0.1, -0.05) is 48.0 Å². The van der Waals surface area contributed by atoms with Gasteiger partial charge in [0.05, 0.1) is 27.3 Å². The maximum Gasteiger partial charge on any atom is 0.410 e. The molecule has 1 N–H and O–H groups in total. The average molecular weight is 568 g/mol. The average Bonchev–Trinajstić information content (AvgIpc) is 3.30. The normalized spacial score (nSPS) is 16.3. The molecule has 3 heterocycles. The van der Waals surface area contributed by atoms with E-state index in [1.807, 2.05) is 32.9 Å². The summed E-state index contributed by atoms with van der Waals surface area (Å²) in [7, 11) is -3.86. The summed E-state index contributed by atoms with van der Waals surface area (Å²) in [6.07, 6.45) is 4.34. The van der Waals surface area contributed by atoms with Crippen LogP contribution in [0.5, 0.6) is 0 Å². The number of aromatic nitrogens is 3. The number of amides is 1. The minimum Gasteiger partial charge on any atom is -0.444 e. The second-order valence-corrected chi connectivity index (χ2v) is 12.7. The van der Waals surface area contributed by atoms with Crippen LogP contribution >= 0.6 is 11.6 Å². The first kappa shape index (κ1) is 27.0. The summed E-state index contributed by atoms with van der Waals surface area (Å²) in [5.74, 6) is 0.341. The number of benzene rings is 2. The van der Waals surface area contributed by atoms with E-state index in [1.54, 1.807) is 53.6 Å². The van der Waals surface area contributed by atoms with Crippen molar-refractivity contribution in [2.45, 2.75) is 50.2 Å². The molecule has 11 heteroatoms. The van der Waals surface area contributed by atoms with Gasteiger partial charge in [0.25, 0.3) is 10.0 Å². The second-order valence-electron chi connectivity index (χ2n) is 10.5. The fourth-order valence-electron chi connectivity index (χ4n) is 4.64. The van der Waals surface area contributed by atoms with Gasteiger partial charge >= 0.3 is 6.09 Å². The number of nitrogens with one attached hydrogen (secondary N) is 1. The van der Waals surface area contributed by atoms with Crippen LogP contribution in [0.1, 0.15) is 33.6 Å². The van der Waals surface area contributed by atoms with E-state index in [-0.39, 0.29) is 17.0 Å². The third-order valence-corrected chi connectivity index (χ3v) is 8.35. The maximum atomic E-state index is 13.5. The topological polar surface area (TPSA) is 106 Å². The minimum absolute atomic E-state index is 0.0832. The van der Waals surface area contributed by atoms with Crippen LogP contribution in [0.15, 0.2) is 71.9 Å². The van der Waals surface area contributed by atoms with Crippen molar-refractivity contribution in [1.82, 2.24) is 18.8 Å². The van der Waals surface area contributed by atoms with Crippen LogP contribution in [0.2, 0.25) is 5.02 Å². The van der Waals surface area contributed by atoms with Crippen LogP contribution in [-0.4, -0.2) is 58.1 Å². The number of ether oxygens (including phenoxy) is 1. The lowest BCUT2D eigenvalue weighted by Gasteiger charge is -2.34. The third-order valence-electron chi connectivity index (χ3n) is 6.38. The van der Waals surface area contributed by atoms with Gasteiger partial charge in [0.15, 0.2) is 0 Å². The molecule has 1 amide bonds. The van der Waals surface area contributed by atoms with E-state index < -0.39 is 15.6 Å². The monoisotopic (exact) mass is 567 g/mol. The van der Waals surface area contributed by atoms with Crippen molar-refractivity contribution < 1.29 is 17.9 Å². The Bertz CT molecular complexity index is 1620. The first-order valence-corrected chi connectivity index (χ1v) is 14.5. The van der Waals surface area contributed by atoms with Gasteiger partial charge in [-0.25, -0.2) is 27.2 Å². The van der Waals surface area contributed by atoms with E-state index in [0.29, 0.717) is 46.2 Å². The number of carbonyl (C=O) groups excluding carboxylic acids is 1. The van der Waals surface area contributed by atoms with Gasteiger partial charge in [-0.15, -0.1) is 0 Å². The Morgan fingerprint density at radius 1 is 1.10 bits per heavy atom. The van der Waals surface area contributed by atoms with Crippen LogP contribution in [0.4, 0.5) is 10.7 Å². The molecule has 4 aromatic rings. The molecule has 9 nitrogen and oxygen atoms in total. The Morgan fingerprint density at radius 3 is 2.56 bits per heavy atom. The molecule has 204 valence electrons. The lowest BCUT2D eigenvalue weighted by Crippen LogP contribution is -2.47. The lowest BCUT2D eigenvalue weighted by atomic mass is 10.1. The van der Waals surface area contributed by atoms with Crippen LogP contribution < -0.4 is 5.32 Å². The molecule has 5 rings (SSSR count). The van der Waals surface area contributed by atoms with Crippen molar-refractivity contribution in [2.75, 3.05) is 18.4 Å². The zero-order valence-electron chi connectivity index (χ0n) is 22.0. The van der Waals surface area contributed by atoms with Crippen molar-refractivity contribution >= 4 is 44.6 Å². The van der Waals surface area contributed by atoms with E-state index in [2.05, 4.69) is 15.3 Å². The zero-order valence-corrected chi connectivity index (χ0v) is 23.5. The highest BCUT2D eigenvalue weighted by Crippen LogP contribution is 2.36. The molecule has 0 spiro atoms. The van der Waals surface area contributed by atoms with Crippen molar-refractivity contribution in [1.29, 1.82) is 0 Å². The van der Waals surface area contributed by atoms with Gasteiger partial charge in [0.1, 0.15) is 5.60 Å². The number of rotatable bonds is 5. The Balaban J connectivity index is 1.46. The number of fused-ring (bicyclic) bond motifs is 1. The second kappa shape index (κ2) is 10.5. The predicted octanol–water partition coefficient (Wildman–Crippen LogP) is 5.80. The number of likely N-dealkylation sites (tertiary alicyclic amines) is 1. The Morgan fingerprint density at radius 2 is 1.82 bits per heavy atom. The number of hydrogen-bond donors (Lipinski definition) is 1. The standard InChI is InChI=1S/C28H30ClN5O4S/c1-28(2,3)38-27(35)33-15-9-10-19(17-33)31-26-30-16-23(29)25(32-26)22-18-34(24-14-8-7-13-21(22)24)39(36,37)20-11-5-4-6-12-20/h4-8,11-14,16,18-19H,9-10,15,17H2,1-3H3,(H,30,31,32)/t19-/m1/s1. The van der Waals surface area contributed by atoms with Crippen LogP contribution in [0, 0.1) is 0 Å². The molecule has 1 aliphatic heterocycles. The highest BCUT2D eigenvalue weighted by atomic mass is 35.5. The first-order valence-electron chi connectivity index (χ1n) is 12.7. The van der Waals surface area contributed by atoms with Gasteiger partial charge in [-0.3, -0.25) is 0 Å². The summed E-state index contributed by atoms with van der Waals surface area (Å²) in [5, 5.41) is 4.30. The molecule has 1 aliphatic rings. The van der Waals surface area contributed by atoms with Crippen molar-refractivity contribution in [2.24, 2.45) is 0 Å². The maximum absolute atomic E-state index is 13.5. The molecule has 1 atom stereocenters. The highest BCUT2D eigenvalue weighted by molar-refractivity contribution is 7.90. The number of nitrogens with zero attached hydrogens (tertiary/aromatic N) is 4. The summed E-state index contributed by atoms with van der Waals surface area (Å²) in [6, 6.07) is 15.4. The molecular weight excluding hydrogens is 538 g/mol. The molecule has 2 aromatic heterocycles. The summed E-state index contributed by atoms with van der Waals surface area (Å²) < 4.78 is 33.8.